The second-order valence-electron chi connectivity index (χ2n) is 5.92. The van der Waals surface area contributed by atoms with Crippen molar-refractivity contribution in [3.8, 4) is 0 Å². The fourth-order valence-electron chi connectivity index (χ4n) is 2.80. The van der Waals surface area contributed by atoms with Crippen LogP contribution in [0.4, 0.5) is 0 Å². The first-order valence-electron chi connectivity index (χ1n) is 7.00. The molecule has 1 heterocycles. The summed E-state index contributed by atoms with van der Waals surface area (Å²) in [4.78, 5) is 2.28. The molecule has 2 N–H and O–H groups in total. The van der Waals surface area contributed by atoms with Crippen molar-refractivity contribution in [2.45, 2.75) is 19.9 Å². The van der Waals surface area contributed by atoms with Crippen molar-refractivity contribution in [3.63, 3.8) is 0 Å². The van der Waals surface area contributed by atoms with Crippen LogP contribution in [0.25, 0.3) is 0 Å². The van der Waals surface area contributed by atoms with Crippen molar-refractivity contribution in [3.05, 3.63) is 33.8 Å². The van der Waals surface area contributed by atoms with Gasteiger partial charge in [-0.25, -0.2) is 0 Å². The summed E-state index contributed by atoms with van der Waals surface area (Å²) in [6, 6.07) is 5.73. The number of aliphatic hydroxyl groups is 1. The largest absolute Gasteiger partial charge is 0.395 e. The molecule has 3 nitrogen and oxygen atoms in total. The van der Waals surface area contributed by atoms with E-state index in [2.05, 4.69) is 17.1 Å². The van der Waals surface area contributed by atoms with Gasteiger partial charge in [0.05, 0.1) is 16.7 Å². The molecular weight excluding hydrogens is 295 g/mol. The summed E-state index contributed by atoms with van der Waals surface area (Å²) in [5, 5.41) is 13.8. The molecule has 1 aliphatic rings. The Hall–Kier alpha value is -0.320. The first kappa shape index (κ1) is 16.1. The third-order valence-electron chi connectivity index (χ3n) is 3.87. The van der Waals surface area contributed by atoms with Gasteiger partial charge in [0.2, 0.25) is 0 Å². The van der Waals surface area contributed by atoms with Gasteiger partial charge in [-0.05, 0) is 36.1 Å². The molecule has 0 saturated carbocycles. The zero-order chi connectivity index (χ0) is 14.6. The van der Waals surface area contributed by atoms with Crippen LogP contribution in [0.3, 0.4) is 0 Å². The van der Waals surface area contributed by atoms with Crippen LogP contribution in [0.1, 0.15) is 18.9 Å². The van der Waals surface area contributed by atoms with Gasteiger partial charge in [-0.3, -0.25) is 4.90 Å². The van der Waals surface area contributed by atoms with Crippen molar-refractivity contribution in [1.82, 2.24) is 10.2 Å². The molecule has 20 heavy (non-hydrogen) atoms. The maximum Gasteiger partial charge on any atom is 0.0595 e. The fraction of sp³-hybridized carbons (Fsp3) is 0.600. The standard InChI is InChI=1S/C15H22Cl2N2O/c1-15(4-5-18-10-15)11-19(6-7-20)9-12-2-3-13(16)14(17)8-12/h2-3,8,18,20H,4-7,9-11H2,1H3. The normalized spacial score (nSPS) is 22.6. The Morgan fingerprint density at radius 3 is 2.75 bits per heavy atom. The van der Waals surface area contributed by atoms with Gasteiger partial charge in [0.1, 0.15) is 0 Å². The number of hydrogen-bond donors (Lipinski definition) is 2. The Bertz CT molecular complexity index is 447. The third-order valence-corrected chi connectivity index (χ3v) is 4.61. The van der Waals surface area contributed by atoms with Crippen LogP contribution in [-0.2, 0) is 6.54 Å². The van der Waals surface area contributed by atoms with Crippen molar-refractivity contribution in [1.29, 1.82) is 0 Å². The van der Waals surface area contributed by atoms with E-state index < -0.39 is 0 Å². The fourth-order valence-corrected chi connectivity index (χ4v) is 3.12. The molecule has 5 heteroatoms. The average Bonchev–Trinajstić information content (AvgIpc) is 2.81. The van der Waals surface area contributed by atoms with E-state index >= 15 is 0 Å². The van der Waals surface area contributed by atoms with Crippen LogP contribution in [0.5, 0.6) is 0 Å². The second-order valence-corrected chi connectivity index (χ2v) is 6.73. The number of benzene rings is 1. The molecule has 1 atom stereocenters. The highest BCUT2D eigenvalue weighted by Gasteiger charge is 2.30. The predicted molar refractivity (Wildman–Crippen MR) is 84.4 cm³/mol. The number of nitrogens with one attached hydrogen (secondary N) is 1. The highest BCUT2D eigenvalue weighted by atomic mass is 35.5. The molecular formula is C15H22Cl2N2O. The Morgan fingerprint density at radius 2 is 2.15 bits per heavy atom. The van der Waals surface area contributed by atoms with E-state index in [-0.39, 0.29) is 12.0 Å². The first-order valence-corrected chi connectivity index (χ1v) is 7.76. The Kier molecular flexibility index (Phi) is 5.70. The number of rotatable bonds is 6. The van der Waals surface area contributed by atoms with E-state index in [9.17, 15) is 5.11 Å². The molecule has 0 radical (unpaired) electrons. The van der Waals surface area contributed by atoms with Gasteiger partial charge >= 0.3 is 0 Å². The summed E-state index contributed by atoms with van der Waals surface area (Å²) in [6.07, 6.45) is 1.18. The topological polar surface area (TPSA) is 35.5 Å². The van der Waals surface area contributed by atoms with E-state index in [0.29, 0.717) is 16.6 Å². The van der Waals surface area contributed by atoms with Crippen molar-refractivity contribution in [2.24, 2.45) is 5.41 Å². The molecule has 0 spiro atoms. The predicted octanol–water partition coefficient (Wildman–Crippen LogP) is 2.79. The quantitative estimate of drug-likeness (QED) is 0.847. The van der Waals surface area contributed by atoms with E-state index in [1.165, 1.54) is 6.42 Å². The van der Waals surface area contributed by atoms with Crippen LogP contribution >= 0.6 is 23.2 Å². The molecule has 0 bridgehead atoms. The van der Waals surface area contributed by atoms with E-state index in [1.807, 2.05) is 18.2 Å². The number of nitrogens with zero attached hydrogens (tertiary/aromatic N) is 1. The minimum absolute atomic E-state index is 0.171. The molecule has 1 saturated heterocycles. The van der Waals surface area contributed by atoms with Gasteiger partial charge in [0.25, 0.3) is 0 Å². The lowest BCUT2D eigenvalue weighted by Gasteiger charge is -2.31. The molecule has 1 aromatic rings. The van der Waals surface area contributed by atoms with Gasteiger partial charge in [0, 0.05) is 26.2 Å². The summed E-state index contributed by atoms with van der Waals surface area (Å²) in [5.41, 5.74) is 1.41. The van der Waals surface area contributed by atoms with Crippen LogP contribution in [0, 0.1) is 5.41 Å². The van der Waals surface area contributed by atoms with Crippen LogP contribution in [0.15, 0.2) is 18.2 Å². The lowest BCUT2D eigenvalue weighted by Crippen LogP contribution is -2.38. The van der Waals surface area contributed by atoms with E-state index in [4.69, 9.17) is 23.2 Å². The zero-order valence-corrected chi connectivity index (χ0v) is 13.3. The maximum absolute atomic E-state index is 9.27. The highest BCUT2D eigenvalue weighted by molar-refractivity contribution is 6.42. The minimum atomic E-state index is 0.171. The lowest BCUT2D eigenvalue weighted by molar-refractivity contribution is 0.138. The van der Waals surface area contributed by atoms with Crippen molar-refractivity contribution >= 4 is 23.2 Å². The van der Waals surface area contributed by atoms with Crippen molar-refractivity contribution in [2.75, 3.05) is 32.8 Å². The SMILES string of the molecule is CC1(CN(CCO)Cc2ccc(Cl)c(Cl)c2)CCNC1. The van der Waals surface area contributed by atoms with Crippen LogP contribution < -0.4 is 5.32 Å². The zero-order valence-electron chi connectivity index (χ0n) is 11.8. The lowest BCUT2D eigenvalue weighted by atomic mass is 9.89. The molecule has 2 rings (SSSR count). The number of hydrogen-bond acceptors (Lipinski definition) is 3. The third kappa shape index (κ3) is 4.34. The van der Waals surface area contributed by atoms with Crippen LogP contribution in [-0.4, -0.2) is 42.8 Å². The molecule has 0 aromatic heterocycles. The molecule has 1 aliphatic heterocycles. The molecule has 0 amide bonds. The maximum atomic E-state index is 9.27. The summed E-state index contributed by atoms with van der Waals surface area (Å²) in [6.45, 7) is 7.02. The molecule has 1 aromatic carbocycles. The summed E-state index contributed by atoms with van der Waals surface area (Å²) < 4.78 is 0. The average molecular weight is 317 g/mol. The first-order chi connectivity index (χ1) is 9.52. The Morgan fingerprint density at radius 1 is 1.35 bits per heavy atom. The molecule has 112 valence electrons. The Balaban J connectivity index is 2.02. The van der Waals surface area contributed by atoms with Crippen LogP contribution in [0.2, 0.25) is 10.0 Å². The van der Waals surface area contributed by atoms with E-state index in [1.54, 1.807) is 0 Å². The van der Waals surface area contributed by atoms with E-state index in [0.717, 1.165) is 31.7 Å². The monoisotopic (exact) mass is 316 g/mol. The van der Waals surface area contributed by atoms with Gasteiger partial charge in [0.15, 0.2) is 0 Å². The molecule has 0 aliphatic carbocycles. The van der Waals surface area contributed by atoms with Gasteiger partial charge in [-0.2, -0.15) is 0 Å². The summed E-state index contributed by atoms with van der Waals surface area (Å²) in [5.74, 6) is 0. The van der Waals surface area contributed by atoms with Gasteiger partial charge in [-0.1, -0.05) is 36.2 Å². The smallest absolute Gasteiger partial charge is 0.0595 e. The Labute approximate surface area is 130 Å². The summed E-state index contributed by atoms with van der Waals surface area (Å²) >= 11 is 12.0. The van der Waals surface area contributed by atoms with Gasteiger partial charge in [-0.15, -0.1) is 0 Å². The number of aliphatic hydroxyl groups excluding tert-OH is 1. The highest BCUT2D eigenvalue weighted by Crippen LogP contribution is 2.27. The minimum Gasteiger partial charge on any atom is -0.395 e. The second kappa shape index (κ2) is 7.10. The summed E-state index contributed by atoms with van der Waals surface area (Å²) in [7, 11) is 0. The number of halogens is 2. The van der Waals surface area contributed by atoms with Crippen molar-refractivity contribution < 1.29 is 5.11 Å². The molecule has 1 fully saturated rings. The molecule has 1 unspecified atom stereocenters. The van der Waals surface area contributed by atoms with Gasteiger partial charge < -0.3 is 10.4 Å².